The van der Waals surface area contributed by atoms with Crippen molar-refractivity contribution in [3.63, 3.8) is 0 Å². The molecule has 0 saturated carbocycles. The Balaban J connectivity index is 0. The van der Waals surface area contributed by atoms with E-state index in [0.717, 1.165) is 26.2 Å². The molecule has 0 spiro atoms. The highest BCUT2D eigenvalue weighted by Gasteiger charge is 2.14. The number of carbonyl (C=O) groups is 2. The van der Waals surface area contributed by atoms with Gasteiger partial charge in [-0.05, 0) is 0 Å². The van der Waals surface area contributed by atoms with Crippen LogP contribution in [0.25, 0.3) is 0 Å². The number of hydrogen-bond acceptors (Lipinski definition) is 6. The Morgan fingerprint density at radius 2 is 1.00 bits per heavy atom. The molecule has 6 nitrogen and oxygen atoms in total. The Morgan fingerprint density at radius 3 is 1.23 bits per heavy atom. The topological polar surface area (TPSA) is 64.7 Å². The Morgan fingerprint density at radius 1 is 0.727 bits per heavy atom. The predicted octanol–water partition coefficient (Wildman–Crippen LogP) is -0.460. The highest BCUT2D eigenvalue weighted by molar-refractivity contribution is 7.81. The lowest BCUT2D eigenvalue weighted by Gasteiger charge is -2.26. The van der Waals surface area contributed by atoms with Crippen LogP contribution in [0.4, 0.5) is 0 Å². The molecule has 1 rings (SSSR count). The number of carbonyl (C=O) groups excluding carboxylic acids is 2. The number of hydrogen-bond donors (Lipinski definition) is 4. The van der Waals surface area contributed by atoms with E-state index in [4.69, 9.17) is 0 Å². The SMILES string of the molecule is Cl.Cl.O=C(CS)N1CCNCCN(C(=O)CS)CCNCC1. The summed E-state index contributed by atoms with van der Waals surface area (Å²) in [6.07, 6.45) is 0. The average molecular weight is 393 g/mol. The van der Waals surface area contributed by atoms with Crippen molar-refractivity contribution in [3.05, 3.63) is 0 Å². The summed E-state index contributed by atoms with van der Waals surface area (Å²) < 4.78 is 0. The smallest absolute Gasteiger partial charge is 0.232 e. The van der Waals surface area contributed by atoms with Gasteiger partial charge in [0.2, 0.25) is 11.8 Å². The molecule has 0 atom stereocenters. The highest BCUT2D eigenvalue weighted by atomic mass is 35.5. The Kier molecular flexibility index (Phi) is 16.3. The van der Waals surface area contributed by atoms with E-state index in [1.54, 1.807) is 0 Å². The van der Waals surface area contributed by atoms with E-state index in [2.05, 4.69) is 35.9 Å². The lowest BCUT2D eigenvalue weighted by molar-refractivity contribution is -0.128. The van der Waals surface area contributed by atoms with Crippen molar-refractivity contribution in [1.82, 2.24) is 20.4 Å². The molecule has 1 saturated heterocycles. The Hall–Kier alpha value is 0.140. The first kappa shape index (κ1) is 24.4. The first-order valence-corrected chi connectivity index (χ1v) is 8.14. The van der Waals surface area contributed by atoms with Crippen LogP contribution in [0, 0.1) is 0 Å². The van der Waals surface area contributed by atoms with E-state index in [1.807, 2.05) is 9.80 Å². The first-order chi connectivity index (χ1) is 9.69. The number of halogens is 2. The van der Waals surface area contributed by atoms with Crippen LogP contribution in [0.2, 0.25) is 0 Å². The van der Waals surface area contributed by atoms with Crippen LogP contribution in [-0.2, 0) is 9.59 Å². The maximum Gasteiger partial charge on any atom is 0.232 e. The van der Waals surface area contributed by atoms with Crippen LogP contribution in [0.1, 0.15) is 0 Å². The van der Waals surface area contributed by atoms with Gasteiger partial charge < -0.3 is 20.4 Å². The van der Waals surface area contributed by atoms with Gasteiger partial charge in [0, 0.05) is 52.4 Å². The normalized spacial score (nSPS) is 17.4. The van der Waals surface area contributed by atoms with Crippen LogP contribution >= 0.6 is 50.1 Å². The maximum atomic E-state index is 11.7. The van der Waals surface area contributed by atoms with Crippen molar-refractivity contribution >= 4 is 61.9 Å². The summed E-state index contributed by atoms with van der Waals surface area (Å²) in [5.41, 5.74) is 0. The number of nitrogens with one attached hydrogen (secondary N) is 2. The molecule has 0 aromatic rings. The Bertz CT molecular complexity index is 286. The fourth-order valence-corrected chi connectivity index (χ4v) is 2.43. The standard InChI is InChI=1S/C12H24N4O2S2.2ClH/c17-11(9-19)15-5-1-13-2-6-16(12(18)10-20)8-4-14-3-7-15;;/h13-14,19-20H,1-10H2;2*1H. The molecule has 1 aliphatic rings. The van der Waals surface area contributed by atoms with Crippen molar-refractivity contribution in [2.45, 2.75) is 0 Å². The highest BCUT2D eigenvalue weighted by Crippen LogP contribution is 1.94. The molecule has 1 fully saturated rings. The zero-order chi connectivity index (χ0) is 14.8. The molecular weight excluding hydrogens is 367 g/mol. The van der Waals surface area contributed by atoms with Crippen molar-refractivity contribution in [2.24, 2.45) is 0 Å². The molecule has 0 bridgehead atoms. The van der Waals surface area contributed by atoms with Crippen LogP contribution < -0.4 is 10.6 Å². The number of thiol groups is 2. The molecule has 1 heterocycles. The van der Waals surface area contributed by atoms with E-state index in [9.17, 15) is 9.59 Å². The second-order valence-electron chi connectivity index (χ2n) is 4.58. The number of rotatable bonds is 2. The third-order valence-electron chi connectivity index (χ3n) is 3.21. The molecule has 0 aliphatic carbocycles. The van der Waals surface area contributed by atoms with Crippen molar-refractivity contribution < 1.29 is 9.59 Å². The van der Waals surface area contributed by atoms with E-state index in [0.29, 0.717) is 26.2 Å². The molecule has 0 aromatic heterocycles. The molecule has 0 aromatic carbocycles. The predicted molar refractivity (Wildman–Crippen MR) is 101 cm³/mol. The quantitative estimate of drug-likeness (QED) is 0.480. The summed E-state index contributed by atoms with van der Waals surface area (Å²) in [6, 6.07) is 0. The summed E-state index contributed by atoms with van der Waals surface area (Å²) in [5.74, 6) is 0.593. The van der Waals surface area contributed by atoms with Crippen molar-refractivity contribution in [1.29, 1.82) is 0 Å². The van der Waals surface area contributed by atoms with Crippen molar-refractivity contribution in [3.8, 4) is 0 Å². The van der Waals surface area contributed by atoms with Crippen molar-refractivity contribution in [2.75, 3.05) is 63.9 Å². The van der Waals surface area contributed by atoms with Gasteiger partial charge in [0.25, 0.3) is 0 Å². The maximum absolute atomic E-state index is 11.7. The zero-order valence-electron chi connectivity index (χ0n) is 12.5. The first-order valence-electron chi connectivity index (χ1n) is 6.87. The van der Waals surface area contributed by atoms with Gasteiger partial charge in [-0.2, -0.15) is 25.3 Å². The minimum absolute atomic E-state index is 0. The molecule has 0 unspecified atom stereocenters. The summed E-state index contributed by atoms with van der Waals surface area (Å²) in [6.45, 7) is 5.57. The number of amides is 2. The van der Waals surface area contributed by atoms with Crippen LogP contribution in [-0.4, -0.2) is 85.5 Å². The van der Waals surface area contributed by atoms with E-state index in [1.165, 1.54) is 0 Å². The molecule has 2 amide bonds. The minimum atomic E-state index is 0. The minimum Gasteiger partial charge on any atom is -0.339 e. The van der Waals surface area contributed by atoms with E-state index >= 15 is 0 Å². The second-order valence-corrected chi connectivity index (χ2v) is 5.21. The van der Waals surface area contributed by atoms with Crippen LogP contribution in [0.5, 0.6) is 0 Å². The summed E-state index contributed by atoms with van der Waals surface area (Å²) in [4.78, 5) is 27.0. The van der Waals surface area contributed by atoms with Gasteiger partial charge in [-0.15, -0.1) is 24.8 Å². The fraction of sp³-hybridized carbons (Fsp3) is 0.833. The second kappa shape index (κ2) is 14.7. The van der Waals surface area contributed by atoms with Gasteiger partial charge in [0.15, 0.2) is 0 Å². The van der Waals surface area contributed by atoms with Gasteiger partial charge in [0.05, 0.1) is 11.5 Å². The number of nitrogens with zero attached hydrogens (tertiary/aromatic N) is 2. The summed E-state index contributed by atoms with van der Waals surface area (Å²) in [7, 11) is 0. The van der Waals surface area contributed by atoms with Gasteiger partial charge in [0.1, 0.15) is 0 Å². The lowest BCUT2D eigenvalue weighted by Crippen LogP contribution is -2.46. The fourth-order valence-electron chi connectivity index (χ4n) is 2.03. The molecule has 22 heavy (non-hydrogen) atoms. The van der Waals surface area contributed by atoms with Gasteiger partial charge in [-0.3, -0.25) is 9.59 Å². The molecular formula is C12H26Cl2N4O2S2. The van der Waals surface area contributed by atoms with Gasteiger partial charge in [-0.25, -0.2) is 0 Å². The third-order valence-corrected chi connectivity index (χ3v) is 3.75. The molecule has 2 N–H and O–H groups in total. The molecule has 1 aliphatic heterocycles. The third kappa shape index (κ3) is 9.32. The average Bonchev–Trinajstić information content (AvgIpc) is 2.46. The summed E-state index contributed by atoms with van der Waals surface area (Å²) in [5, 5.41) is 6.53. The largest absolute Gasteiger partial charge is 0.339 e. The monoisotopic (exact) mass is 392 g/mol. The van der Waals surface area contributed by atoms with E-state index < -0.39 is 0 Å². The van der Waals surface area contributed by atoms with E-state index in [-0.39, 0.29) is 48.1 Å². The summed E-state index contributed by atoms with van der Waals surface area (Å²) >= 11 is 8.07. The molecule has 0 radical (unpaired) electrons. The molecule has 132 valence electrons. The molecule has 10 heteroatoms. The zero-order valence-corrected chi connectivity index (χ0v) is 15.9. The van der Waals surface area contributed by atoms with Crippen LogP contribution in [0.15, 0.2) is 0 Å². The Labute approximate surface area is 155 Å². The van der Waals surface area contributed by atoms with Gasteiger partial charge >= 0.3 is 0 Å². The lowest BCUT2D eigenvalue weighted by atomic mass is 10.3. The van der Waals surface area contributed by atoms with Crippen LogP contribution in [0.3, 0.4) is 0 Å². The van der Waals surface area contributed by atoms with Gasteiger partial charge in [-0.1, -0.05) is 0 Å².